The van der Waals surface area contributed by atoms with Gasteiger partial charge in [0.2, 0.25) is 0 Å². The molecule has 0 saturated carbocycles. The van der Waals surface area contributed by atoms with Crippen molar-refractivity contribution in [3.05, 3.63) is 88.4 Å². The van der Waals surface area contributed by atoms with Crippen LogP contribution in [0.5, 0.6) is 5.75 Å². The van der Waals surface area contributed by atoms with Gasteiger partial charge in [-0.05, 0) is 66.9 Å². The molecule has 0 aliphatic carbocycles. The third-order valence-electron chi connectivity index (χ3n) is 3.78. The molecule has 0 radical (unpaired) electrons. The number of hydrogen-bond acceptors (Lipinski definition) is 4. The molecule has 0 saturated heterocycles. The maximum Gasteiger partial charge on any atom is 0.343 e. The zero-order chi connectivity index (χ0) is 21.0. The summed E-state index contributed by atoms with van der Waals surface area (Å²) in [6.45, 7) is 0. The molecule has 5 nitrogen and oxygen atoms in total. The Balaban J connectivity index is 1.77. The molecule has 0 aromatic heterocycles. The number of carbonyl (C=O) groups excluding carboxylic acids is 1. The zero-order valence-electron chi connectivity index (χ0n) is 15.1. The smallest absolute Gasteiger partial charge is 0.343 e. The number of nitrogens with zero attached hydrogens (tertiary/aromatic N) is 1. The second kappa shape index (κ2) is 9.09. The van der Waals surface area contributed by atoms with E-state index in [1.807, 2.05) is 0 Å². The fourth-order valence-electron chi connectivity index (χ4n) is 2.34. The predicted molar refractivity (Wildman–Crippen MR) is 115 cm³/mol. The second-order valence-corrected chi connectivity index (χ2v) is 10.1. The summed E-state index contributed by atoms with van der Waals surface area (Å²) in [7, 11) is -4.85. The van der Waals surface area contributed by atoms with E-state index in [0.29, 0.717) is 21.2 Å². The van der Waals surface area contributed by atoms with Crippen LogP contribution < -0.4 is 4.74 Å². The molecule has 29 heavy (non-hydrogen) atoms. The maximum atomic E-state index is 12.5. The molecule has 150 valence electrons. The minimum Gasteiger partial charge on any atom is -0.423 e. The Kier molecular flexibility index (Phi) is 6.74. The summed E-state index contributed by atoms with van der Waals surface area (Å²) in [5, 5.41) is 0.647. The zero-order valence-corrected chi connectivity index (χ0v) is 18.2. The number of halogens is 2. The third kappa shape index (κ3) is 5.45. The van der Waals surface area contributed by atoms with Crippen LogP contribution in [0, 0.1) is 0 Å². The highest BCUT2D eigenvalue weighted by Gasteiger charge is 2.17. The summed E-state index contributed by atoms with van der Waals surface area (Å²) in [6.07, 6.45) is 1.68. The first-order valence-electron chi connectivity index (χ1n) is 8.23. The van der Waals surface area contributed by atoms with Gasteiger partial charge >= 0.3 is 5.97 Å². The molecule has 0 N–H and O–H groups in total. The molecule has 0 heterocycles. The van der Waals surface area contributed by atoms with Crippen molar-refractivity contribution in [2.24, 2.45) is 3.77 Å². The van der Waals surface area contributed by atoms with E-state index in [2.05, 4.69) is 3.77 Å². The predicted octanol–water partition coefficient (Wildman–Crippen LogP) is 5.39. The summed E-state index contributed by atoms with van der Waals surface area (Å²) in [5.74, 6) is -0.185. The Morgan fingerprint density at radius 3 is 2.17 bits per heavy atom. The van der Waals surface area contributed by atoms with Gasteiger partial charge < -0.3 is 4.74 Å². The highest BCUT2D eigenvalue weighted by Crippen LogP contribution is 2.24. The minimum atomic E-state index is -3.90. The van der Waals surface area contributed by atoms with E-state index in [9.17, 15) is 13.2 Å². The van der Waals surface area contributed by atoms with Gasteiger partial charge in [0, 0.05) is 9.92 Å². The quantitative estimate of drug-likeness (QED) is 0.372. The molecular formula is C20H15Cl2NO4S2. The van der Waals surface area contributed by atoms with Crippen molar-refractivity contribution in [3.8, 4) is 5.75 Å². The van der Waals surface area contributed by atoms with Crippen molar-refractivity contribution in [1.82, 2.24) is 0 Å². The van der Waals surface area contributed by atoms with Crippen LogP contribution in [0.3, 0.4) is 0 Å². The van der Waals surface area contributed by atoms with Crippen LogP contribution in [-0.2, 0) is 20.7 Å². The molecule has 9 heteroatoms. The van der Waals surface area contributed by atoms with E-state index in [-0.39, 0.29) is 9.92 Å². The SMILES string of the molecule is C[S@@](=NS(=O)(=O)c1ccccc1Cl)c1ccc(OC(=O)c2ccc(Cl)cc2)cc1. The molecule has 3 aromatic rings. The van der Waals surface area contributed by atoms with Crippen molar-refractivity contribution in [1.29, 1.82) is 0 Å². The van der Waals surface area contributed by atoms with Crippen LogP contribution >= 0.6 is 23.2 Å². The number of benzene rings is 3. The highest BCUT2D eigenvalue weighted by molar-refractivity contribution is 8.00. The lowest BCUT2D eigenvalue weighted by Crippen LogP contribution is -2.08. The van der Waals surface area contributed by atoms with Gasteiger partial charge in [0.1, 0.15) is 10.6 Å². The van der Waals surface area contributed by atoms with Gasteiger partial charge in [-0.1, -0.05) is 46.0 Å². The molecule has 3 aromatic carbocycles. The first-order valence-corrected chi connectivity index (χ1v) is 12.0. The number of sulfonamides is 1. The molecule has 0 aliphatic rings. The lowest BCUT2D eigenvalue weighted by Gasteiger charge is -2.07. The van der Waals surface area contributed by atoms with Crippen molar-refractivity contribution >= 4 is 49.9 Å². The normalized spacial score (nSPS) is 12.5. The van der Waals surface area contributed by atoms with Gasteiger partial charge in [-0.25, -0.2) is 4.79 Å². The van der Waals surface area contributed by atoms with E-state index in [1.165, 1.54) is 12.1 Å². The maximum absolute atomic E-state index is 12.5. The van der Waals surface area contributed by atoms with Gasteiger partial charge in [0.25, 0.3) is 10.0 Å². The van der Waals surface area contributed by atoms with E-state index < -0.39 is 26.7 Å². The first kappa shape index (κ1) is 21.5. The van der Waals surface area contributed by atoms with Crippen LogP contribution in [0.1, 0.15) is 10.4 Å². The van der Waals surface area contributed by atoms with Crippen LogP contribution in [0.2, 0.25) is 10.0 Å². The Labute approximate surface area is 181 Å². The molecule has 0 fully saturated rings. The largest absolute Gasteiger partial charge is 0.423 e. The Bertz CT molecular complexity index is 1180. The standard InChI is InChI=1S/C20H15Cl2NO4S2/c1-28(23-29(25,26)19-5-3-2-4-18(19)22)17-12-10-16(11-13-17)27-20(24)14-6-8-15(21)9-7-14/h2-13H,1H3/t28-/m1/s1. The van der Waals surface area contributed by atoms with Gasteiger partial charge in [-0.2, -0.15) is 8.42 Å². The number of rotatable bonds is 5. The fraction of sp³-hybridized carbons (Fsp3) is 0.0500. The first-order chi connectivity index (χ1) is 13.8. The molecule has 3 rings (SSSR count). The molecule has 0 unspecified atom stereocenters. The van der Waals surface area contributed by atoms with Crippen molar-refractivity contribution in [2.75, 3.05) is 6.26 Å². The monoisotopic (exact) mass is 467 g/mol. The molecule has 0 amide bonds. The summed E-state index contributed by atoms with van der Waals surface area (Å²) < 4.78 is 34.3. The lowest BCUT2D eigenvalue weighted by molar-refractivity contribution is 0.0734. The summed E-state index contributed by atoms with van der Waals surface area (Å²) in [6, 6.07) is 19.0. The van der Waals surface area contributed by atoms with E-state index in [4.69, 9.17) is 27.9 Å². The van der Waals surface area contributed by atoms with Crippen molar-refractivity contribution in [3.63, 3.8) is 0 Å². The second-order valence-electron chi connectivity index (χ2n) is 5.83. The van der Waals surface area contributed by atoms with Crippen LogP contribution in [0.4, 0.5) is 0 Å². The van der Waals surface area contributed by atoms with Crippen molar-refractivity contribution in [2.45, 2.75) is 9.79 Å². The summed E-state index contributed by atoms with van der Waals surface area (Å²) >= 11 is 11.8. The highest BCUT2D eigenvalue weighted by atomic mass is 35.5. The summed E-state index contributed by atoms with van der Waals surface area (Å²) in [5.41, 5.74) is 0.370. The topological polar surface area (TPSA) is 72.8 Å². The fourth-order valence-corrected chi connectivity index (χ4v) is 5.83. The van der Waals surface area contributed by atoms with Gasteiger partial charge in [-0.3, -0.25) is 0 Å². The van der Waals surface area contributed by atoms with Gasteiger partial charge in [0.15, 0.2) is 0 Å². The third-order valence-corrected chi connectivity index (χ3v) is 8.02. The minimum absolute atomic E-state index is 0.0328. The Morgan fingerprint density at radius 1 is 0.931 bits per heavy atom. The number of carbonyl (C=O) groups is 1. The van der Waals surface area contributed by atoms with Crippen LogP contribution in [-0.4, -0.2) is 20.6 Å². The van der Waals surface area contributed by atoms with Crippen LogP contribution in [0.25, 0.3) is 0 Å². The van der Waals surface area contributed by atoms with E-state index in [0.717, 1.165) is 0 Å². The van der Waals surface area contributed by atoms with Crippen LogP contribution in [0.15, 0.2) is 86.4 Å². The lowest BCUT2D eigenvalue weighted by atomic mass is 10.2. The summed E-state index contributed by atoms with van der Waals surface area (Å²) in [4.78, 5) is 12.8. The molecule has 1 atom stereocenters. The number of ether oxygens (including phenoxy) is 1. The Hall–Kier alpha value is -2.19. The van der Waals surface area contributed by atoms with Crippen molar-refractivity contribution < 1.29 is 17.9 Å². The molecule has 0 spiro atoms. The van der Waals surface area contributed by atoms with Gasteiger partial charge in [0.05, 0.1) is 10.6 Å². The average molecular weight is 468 g/mol. The average Bonchev–Trinajstić information content (AvgIpc) is 2.69. The Morgan fingerprint density at radius 2 is 1.55 bits per heavy atom. The van der Waals surface area contributed by atoms with Gasteiger partial charge in [-0.15, -0.1) is 3.77 Å². The van der Waals surface area contributed by atoms with E-state index in [1.54, 1.807) is 66.9 Å². The molecule has 0 bridgehead atoms. The molecule has 0 aliphatic heterocycles. The van der Waals surface area contributed by atoms with E-state index >= 15 is 0 Å². The number of esters is 1. The number of hydrogen-bond donors (Lipinski definition) is 0. The molecular weight excluding hydrogens is 453 g/mol.